The van der Waals surface area contributed by atoms with Crippen LogP contribution in [-0.2, 0) is 9.59 Å². The lowest BCUT2D eigenvalue weighted by atomic mass is 10.2. The zero-order chi connectivity index (χ0) is 10.6. The van der Waals surface area contributed by atoms with E-state index in [-0.39, 0.29) is 11.9 Å². The molecule has 1 unspecified atom stereocenters. The van der Waals surface area contributed by atoms with E-state index in [1.807, 2.05) is 0 Å². The lowest BCUT2D eigenvalue weighted by molar-refractivity contribution is -0.132. The minimum Gasteiger partial charge on any atom is -0.478 e. The monoisotopic (exact) mass is 198 g/mol. The highest BCUT2D eigenvalue weighted by atomic mass is 16.4. The second kappa shape index (κ2) is 4.76. The van der Waals surface area contributed by atoms with Crippen LogP contribution >= 0.6 is 0 Å². The molecule has 1 aliphatic rings. The summed E-state index contributed by atoms with van der Waals surface area (Å²) in [5, 5.41) is 14.3. The van der Waals surface area contributed by atoms with E-state index >= 15 is 0 Å². The third-order valence-electron chi connectivity index (χ3n) is 2.13. The Bertz CT molecular complexity index is 273. The Morgan fingerprint density at radius 2 is 2.50 bits per heavy atom. The molecule has 0 aromatic heterocycles. The van der Waals surface area contributed by atoms with Gasteiger partial charge in [0.1, 0.15) is 0 Å². The van der Waals surface area contributed by atoms with Crippen LogP contribution in [0.4, 0.5) is 0 Å². The third-order valence-corrected chi connectivity index (χ3v) is 2.13. The smallest absolute Gasteiger partial charge is 0.330 e. The average Bonchev–Trinajstić information content (AvgIpc) is 2.51. The van der Waals surface area contributed by atoms with Crippen molar-refractivity contribution in [3.63, 3.8) is 0 Å². The first-order valence-electron chi connectivity index (χ1n) is 4.49. The largest absolute Gasteiger partial charge is 0.478 e. The van der Waals surface area contributed by atoms with Crippen LogP contribution in [0.5, 0.6) is 0 Å². The van der Waals surface area contributed by atoms with E-state index in [4.69, 9.17) is 5.11 Å². The highest BCUT2D eigenvalue weighted by molar-refractivity contribution is 5.85. The Hall–Kier alpha value is -1.36. The number of nitrogens with one attached hydrogen (secondary N) is 2. The second-order valence-corrected chi connectivity index (χ2v) is 3.31. The van der Waals surface area contributed by atoms with Crippen LogP contribution in [0, 0.1) is 0 Å². The molecule has 1 atom stereocenters. The summed E-state index contributed by atoms with van der Waals surface area (Å²) in [6, 6.07) is 0.125. The number of carboxylic acid groups (broad SMARTS) is 1. The fourth-order valence-electron chi connectivity index (χ4n) is 1.22. The van der Waals surface area contributed by atoms with E-state index in [9.17, 15) is 9.59 Å². The molecular weight excluding hydrogens is 184 g/mol. The summed E-state index contributed by atoms with van der Waals surface area (Å²) in [5.74, 6) is -0.867. The maximum Gasteiger partial charge on any atom is 0.330 e. The number of carboxylic acids is 1. The SMILES string of the molecule is CC(=CCNC1CNC(=O)C1)C(=O)O. The zero-order valence-corrected chi connectivity index (χ0v) is 8.04. The first-order valence-corrected chi connectivity index (χ1v) is 4.49. The Kier molecular flexibility index (Phi) is 3.64. The van der Waals surface area contributed by atoms with E-state index in [1.54, 1.807) is 13.0 Å². The van der Waals surface area contributed by atoms with Crippen LogP contribution in [0.1, 0.15) is 13.3 Å². The number of aliphatic carboxylic acids is 1. The van der Waals surface area contributed by atoms with Gasteiger partial charge >= 0.3 is 5.97 Å². The molecule has 1 aliphatic heterocycles. The molecular formula is C9H14N2O3. The van der Waals surface area contributed by atoms with Gasteiger partial charge < -0.3 is 15.7 Å². The molecule has 0 bridgehead atoms. The first-order chi connectivity index (χ1) is 6.59. The zero-order valence-electron chi connectivity index (χ0n) is 8.04. The van der Waals surface area contributed by atoms with Crippen molar-refractivity contribution in [1.82, 2.24) is 10.6 Å². The second-order valence-electron chi connectivity index (χ2n) is 3.31. The topological polar surface area (TPSA) is 78.4 Å². The van der Waals surface area contributed by atoms with Crippen LogP contribution < -0.4 is 10.6 Å². The van der Waals surface area contributed by atoms with E-state index < -0.39 is 5.97 Å². The molecule has 0 spiro atoms. The predicted molar refractivity (Wildman–Crippen MR) is 50.8 cm³/mol. The van der Waals surface area contributed by atoms with E-state index in [1.165, 1.54) is 0 Å². The number of hydrogen-bond acceptors (Lipinski definition) is 3. The third kappa shape index (κ3) is 3.18. The summed E-state index contributed by atoms with van der Waals surface area (Å²) in [4.78, 5) is 21.2. The number of carbonyl (C=O) groups is 2. The van der Waals surface area contributed by atoms with E-state index in [0.29, 0.717) is 25.1 Å². The first kappa shape index (κ1) is 10.7. The summed E-state index contributed by atoms with van der Waals surface area (Å²) in [6.07, 6.45) is 2.07. The van der Waals surface area contributed by atoms with Crippen molar-refractivity contribution < 1.29 is 14.7 Å². The molecule has 3 N–H and O–H groups in total. The minimum absolute atomic E-state index is 0.0430. The molecule has 1 saturated heterocycles. The van der Waals surface area contributed by atoms with Gasteiger partial charge in [-0.1, -0.05) is 6.08 Å². The molecule has 0 aromatic carbocycles. The Balaban J connectivity index is 2.24. The molecule has 5 heteroatoms. The lowest BCUT2D eigenvalue weighted by Crippen LogP contribution is -2.31. The van der Waals surface area contributed by atoms with Crippen LogP contribution in [0.3, 0.4) is 0 Å². The molecule has 0 saturated carbocycles. The molecule has 1 rings (SSSR count). The fraction of sp³-hybridized carbons (Fsp3) is 0.556. The van der Waals surface area contributed by atoms with Gasteiger partial charge in [-0.25, -0.2) is 4.79 Å². The molecule has 78 valence electrons. The van der Waals surface area contributed by atoms with Crippen molar-refractivity contribution in [3.05, 3.63) is 11.6 Å². The van der Waals surface area contributed by atoms with Gasteiger partial charge in [0, 0.05) is 31.1 Å². The number of amides is 1. The Morgan fingerprint density at radius 1 is 1.79 bits per heavy atom. The summed E-state index contributed by atoms with van der Waals surface area (Å²) in [7, 11) is 0. The Labute approximate surface area is 82.2 Å². The maximum absolute atomic E-state index is 10.8. The predicted octanol–water partition coefficient (Wildman–Crippen LogP) is -0.505. The van der Waals surface area contributed by atoms with Gasteiger partial charge in [0.05, 0.1) is 0 Å². The molecule has 5 nitrogen and oxygen atoms in total. The Morgan fingerprint density at radius 3 is 3.00 bits per heavy atom. The molecule has 0 aliphatic carbocycles. The van der Waals surface area contributed by atoms with Gasteiger partial charge in [0.25, 0.3) is 0 Å². The highest BCUT2D eigenvalue weighted by Crippen LogP contribution is 1.99. The standard InChI is InChI=1S/C9H14N2O3/c1-6(9(13)14)2-3-10-7-4-8(12)11-5-7/h2,7,10H,3-5H2,1H3,(H,11,12)(H,13,14). The van der Waals surface area contributed by atoms with Gasteiger partial charge in [0.15, 0.2) is 0 Å². The van der Waals surface area contributed by atoms with Gasteiger partial charge in [-0.05, 0) is 6.92 Å². The molecule has 0 aromatic rings. The summed E-state index contributed by atoms with van der Waals surface area (Å²) in [5.41, 5.74) is 0.315. The number of rotatable bonds is 4. The quantitative estimate of drug-likeness (QED) is 0.532. The van der Waals surface area contributed by atoms with Crippen molar-refractivity contribution in [3.8, 4) is 0 Å². The number of carbonyl (C=O) groups excluding carboxylic acids is 1. The van der Waals surface area contributed by atoms with E-state index in [2.05, 4.69) is 10.6 Å². The summed E-state index contributed by atoms with van der Waals surface area (Å²) in [6.45, 7) is 2.65. The molecule has 1 heterocycles. The molecule has 14 heavy (non-hydrogen) atoms. The van der Waals surface area contributed by atoms with Crippen LogP contribution in [0.2, 0.25) is 0 Å². The van der Waals surface area contributed by atoms with Gasteiger partial charge in [0.2, 0.25) is 5.91 Å². The van der Waals surface area contributed by atoms with Crippen molar-refractivity contribution in [2.45, 2.75) is 19.4 Å². The molecule has 0 radical (unpaired) electrons. The van der Waals surface area contributed by atoms with Crippen molar-refractivity contribution in [2.24, 2.45) is 0 Å². The van der Waals surface area contributed by atoms with Crippen LogP contribution in [0.25, 0.3) is 0 Å². The summed E-state index contributed by atoms with van der Waals surface area (Å²) < 4.78 is 0. The molecule has 1 amide bonds. The van der Waals surface area contributed by atoms with E-state index in [0.717, 1.165) is 0 Å². The average molecular weight is 198 g/mol. The van der Waals surface area contributed by atoms with Crippen molar-refractivity contribution in [2.75, 3.05) is 13.1 Å². The minimum atomic E-state index is -0.910. The molecule has 1 fully saturated rings. The fourth-order valence-corrected chi connectivity index (χ4v) is 1.22. The summed E-state index contributed by atoms with van der Waals surface area (Å²) >= 11 is 0. The van der Waals surface area contributed by atoms with Crippen molar-refractivity contribution >= 4 is 11.9 Å². The van der Waals surface area contributed by atoms with Crippen molar-refractivity contribution in [1.29, 1.82) is 0 Å². The van der Waals surface area contributed by atoms with Gasteiger partial charge in [-0.3, -0.25) is 4.79 Å². The maximum atomic E-state index is 10.8. The normalized spacial score (nSPS) is 22.2. The van der Waals surface area contributed by atoms with Gasteiger partial charge in [-0.2, -0.15) is 0 Å². The van der Waals surface area contributed by atoms with Crippen LogP contribution in [0.15, 0.2) is 11.6 Å². The lowest BCUT2D eigenvalue weighted by Gasteiger charge is -2.07. The highest BCUT2D eigenvalue weighted by Gasteiger charge is 2.19. The number of hydrogen-bond donors (Lipinski definition) is 3. The van der Waals surface area contributed by atoms with Gasteiger partial charge in [-0.15, -0.1) is 0 Å². The van der Waals surface area contributed by atoms with Crippen LogP contribution in [-0.4, -0.2) is 36.1 Å².